The van der Waals surface area contributed by atoms with E-state index in [1.165, 1.54) is 4.90 Å². The van der Waals surface area contributed by atoms with Gasteiger partial charge in [0.1, 0.15) is 0 Å². The van der Waals surface area contributed by atoms with Crippen LogP contribution in [0.3, 0.4) is 0 Å². The van der Waals surface area contributed by atoms with Gasteiger partial charge in [-0.1, -0.05) is 6.07 Å². The van der Waals surface area contributed by atoms with Crippen molar-refractivity contribution in [2.24, 2.45) is 0 Å². The summed E-state index contributed by atoms with van der Waals surface area (Å²) in [4.78, 5) is 14.3. The van der Waals surface area contributed by atoms with Crippen molar-refractivity contribution < 1.29 is 9.90 Å². The van der Waals surface area contributed by atoms with Crippen molar-refractivity contribution in [3.8, 4) is 0 Å². The molecule has 5 nitrogen and oxygen atoms in total. The first-order valence-corrected chi connectivity index (χ1v) is 5.25. The van der Waals surface area contributed by atoms with Crippen LogP contribution in [0, 0.1) is 0 Å². The van der Waals surface area contributed by atoms with Gasteiger partial charge in [0.2, 0.25) is 0 Å². The summed E-state index contributed by atoms with van der Waals surface area (Å²) in [7, 11) is 0. The van der Waals surface area contributed by atoms with Gasteiger partial charge in [0.15, 0.2) is 0 Å². The first-order chi connectivity index (χ1) is 7.66. The van der Waals surface area contributed by atoms with E-state index < -0.39 is 6.09 Å². The number of carbonyl (C=O) groups is 1. The van der Waals surface area contributed by atoms with E-state index in [0.29, 0.717) is 13.1 Å². The van der Waals surface area contributed by atoms with Crippen molar-refractivity contribution in [1.29, 1.82) is 0 Å². The molecule has 1 saturated heterocycles. The standard InChI is InChI=1S/C11H15N3O2/c12-9-2-1-3-10(8-9)13-4-6-14(7-5-13)11(15)16/h1-3,8H,4-7,12H2,(H,15,16). The molecule has 1 aromatic rings. The van der Waals surface area contributed by atoms with Gasteiger partial charge in [-0.2, -0.15) is 0 Å². The molecule has 1 heterocycles. The predicted molar refractivity (Wildman–Crippen MR) is 62.7 cm³/mol. The lowest BCUT2D eigenvalue weighted by atomic mass is 10.2. The van der Waals surface area contributed by atoms with Crippen molar-refractivity contribution in [2.45, 2.75) is 0 Å². The van der Waals surface area contributed by atoms with E-state index in [9.17, 15) is 4.79 Å². The minimum atomic E-state index is -0.841. The Morgan fingerprint density at radius 2 is 1.94 bits per heavy atom. The molecule has 0 unspecified atom stereocenters. The third-order valence-electron chi connectivity index (χ3n) is 2.79. The normalized spacial score (nSPS) is 16.2. The van der Waals surface area contributed by atoms with Gasteiger partial charge in [0.25, 0.3) is 0 Å². The molecule has 5 heteroatoms. The number of carboxylic acid groups (broad SMARTS) is 1. The SMILES string of the molecule is Nc1cccc(N2CCN(C(=O)O)CC2)c1. The van der Waals surface area contributed by atoms with Gasteiger partial charge in [0, 0.05) is 37.6 Å². The molecule has 2 rings (SSSR count). The monoisotopic (exact) mass is 221 g/mol. The lowest BCUT2D eigenvalue weighted by Gasteiger charge is -2.34. The van der Waals surface area contributed by atoms with Crippen LogP contribution >= 0.6 is 0 Å². The van der Waals surface area contributed by atoms with E-state index in [2.05, 4.69) is 4.90 Å². The van der Waals surface area contributed by atoms with Crippen molar-refractivity contribution >= 4 is 17.5 Å². The highest BCUT2D eigenvalue weighted by molar-refractivity contribution is 5.65. The van der Waals surface area contributed by atoms with Crippen LogP contribution in [-0.2, 0) is 0 Å². The molecule has 0 saturated carbocycles. The first kappa shape index (κ1) is 10.6. The lowest BCUT2D eigenvalue weighted by Crippen LogP contribution is -2.48. The molecular weight excluding hydrogens is 206 g/mol. The van der Waals surface area contributed by atoms with Gasteiger partial charge in [-0.3, -0.25) is 0 Å². The Morgan fingerprint density at radius 1 is 1.25 bits per heavy atom. The topological polar surface area (TPSA) is 69.8 Å². The van der Waals surface area contributed by atoms with Crippen molar-refractivity contribution in [1.82, 2.24) is 4.90 Å². The van der Waals surface area contributed by atoms with E-state index in [1.54, 1.807) is 0 Å². The third-order valence-corrected chi connectivity index (χ3v) is 2.79. The molecule has 0 atom stereocenters. The predicted octanol–water partition coefficient (Wildman–Crippen LogP) is 1.07. The van der Waals surface area contributed by atoms with Crippen LogP contribution in [0.2, 0.25) is 0 Å². The van der Waals surface area contributed by atoms with Crippen LogP contribution < -0.4 is 10.6 Å². The van der Waals surface area contributed by atoms with E-state index in [-0.39, 0.29) is 0 Å². The molecule has 0 aliphatic carbocycles. The Bertz CT molecular complexity index is 387. The Balaban J connectivity index is 2.01. The number of rotatable bonds is 1. The summed E-state index contributed by atoms with van der Waals surface area (Å²) in [5.74, 6) is 0. The van der Waals surface area contributed by atoms with E-state index >= 15 is 0 Å². The number of piperazine rings is 1. The molecule has 0 radical (unpaired) electrons. The van der Waals surface area contributed by atoms with E-state index in [1.807, 2.05) is 24.3 Å². The quantitative estimate of drug-likeness (QED) is 0.696. The summed E-state index contributed by atoms with van der Waals surface area (Å²) in [6.45, 7) is 2.53. The van der Waals surface area contributed by atoms with E-state index in [4.69, 9.17) is 10.8 Å². The number of hydrogen-bond donors (Lipinski definition) is 2. The molecule has 1 amide bonds. The second-order valence-corrected chi connectivity index (χ2v) is 3.85. The molecule has 16 heavy (non-hydrogen) atoms. The number of anilines is 2. The number of nitrogen functional groups attached to an aromatic ring is 1. The Labute approximate surface area is 94.1 Å². The first-order valence-electron chi connectivity index (χ1n) is 5.25. The fourth-order valence-corrected chi connectivity index (χ4v) is 1.88. The zero-order chi connectivity index (χ0) is 11.5. The Morgan fingerprint density at radius 3 is 2.50 bits per heavy atom. The summed E-state index contributed by atoms with van der Waals surface area (Å²) in [6, 6.07) is 7.66. The number of amides is 1. The number of hydrogen-bond acceptors (Lipinski definition) is 3. The largest absolute Gasteiger partial charge is 0.465 e. The van der Waals surface area contributed by atoms with Crippen molar-refractivity contribution in [3.05, 3.63) is 24.3 Å². The van der Waals surface area contributed by atoms with Gasteiger partial charge in [-0.05, 0) is 18.2 Å². The Hall–Kier alpha value is -1.91. The molecule has 1 fully saturated rings. The molecule has 86 valence electrons. The number of benzene rings is 1. The Kier molecular flexibility index (Phi) is 2.85. The van der Waals surface area contributed by atoms with Crippen LogP contribution in [0.25, 0.3) is 0 Å². The molecule has 1 aliphatic rings. The highest BCUT2D eigenvalue weighted by Crippen LogP contribution is 2.18. The average Bonchev–Trinajstić information content (AvgIpc) is 2.29. The smallest absolute Gasteiger partial charge is 0.407 e. The van der Waals surface area contributed by atoms with Crippen LogP contribution in [0.5, 0.6) is 0 Å². The molecular formula is C11H15N3O2. The number of nitrogens with two attached hydrogens (primary N) is 1. The zero-order valence-corrected chi connectivity index (χ0v) is 8.97. The van der Waals surface area contributed by atoms with Gasteiger partial charge in [0.05, 0.1) is 0 Å². The van der Waals surface area contributed by atoms with Gasteiger partial charge in [-0.25, -0.2) is 4.79 Å². The third kappa shape index (κ3) is 2.18. The van der Waals surface area contributed by atoms with Gasteiger partial charge in [-0.15, -0.1) is 0 Å². The van der Waals surface area contributed by atoms with Crippen molar-refractivity contribution in [3.63, 3.8) is 0 Å². The molecule has 0 bridgehead atoms. The fraction of sp³-hybridized carbons (Fsp3) is 0.364. The number of nitrogens with zero attached hydrogens (tertiary/aromatic N) is 2. The molecule has 0 spiro atoms. The van der Waals surface area contributed by atoms with E-state index in [0.717, 1.165) is 24.5 Å². The average molecular weight is 221 g/mol. The maximum atomic E-state index is 10.7. The van der Waals surface area contributed by atoms with Crippen LogP contribution in [-0.4, -0.2) is 42.3 Å². The van der Waals surface area contributed by atoms with Gasteiger partial charge >= 0.3 is 6.09 Å². The second kappa shape index (κ2) is 4.30. The zero-order valence-electron chi connectivity index (χ0n) is 8.97. The summed E-state index contributed by atoms with van der Waals surface area (Å²) >= 11 is 0. The summed E-state index contributed by atoms with van der Waals surface area (Å²) < 4.78 is 0. The molecule has 1 aliphatic heterocycles. The fourth-order valence-electron chi connectivity index (χ4n) is 1.88. The van der Waals surface area contributed by atoms with Crippen LogP contribution in [0.1, 0.15) is 0 Å². The molecule has 1 aromatic carbocycles. The maximum Gasteiger partial charge on any atom is 0.407 e. The van der Waals surface area contributed by atoms with Crippen LogP contribution in [0.15, 0.2) is 24.3 Å². The van der Waals surface area contributed by atoms with Gasteiger partial charge < -0.3 is 20.6 Å². The highest BCUT2D eigenvalue weighted by Gasteiger charge is 2.20. The lowest BCUT2D eigenvalue weighted by molar-refractivity contribution is 0.142. The summed E-state index contributed by atoms with van der Waals surface area (Å²) in [5, 5.41) is 8.83. The highest BCUT2D eigenvalue weighted by atomic mass is 16.4. The maximum absolute atomic E-state index is 10.7. The van der Waals surface area contributed by atoms with Crippen molar-refractivity contribution in [2.75, 3.05) is 36.8 Å². The minimum Gasteiger partial charge on any atom is -0.465 e. The summed E-state index contributed by atoms with van der Waals surface area (Å²) in [6.07, 6.45) is -0.841. The summed E-state index contributed by atoms with van der Waals surface area (Å²) in [5.41, 5.74) is 7.50. The van der Waals surface area contributed by atoms with Crippen LogP contribution in [0.4, 0.5) is 16.2 Å². The second-order valence-electron chi connectivity index (χ2n) is 3.85. The molecule has 0 aromatic heterocycles. The minimum absolute atomic E-state index is 0.546. The molecule has 3 N–H and O–H groups in total.